The molecule has 4 aromatic rings. The molecule has 0 aliphatic rings. The van der Waals surface area contributed by atoms with Crippen LogP contribution in [0.15, 0.2) is 69.1 Å². The Hall–Kier alpha value is -3.13. The van der Waals surface area contributed by atoms with Gasteiger partial charge in [0, 0.05) is 12.1 Å². The number of rotatable bonds is 8. The summed E-state index contributed by atoms with van der Waals surface area (Å²) in [4.78, 5) is 16.6. The summed E-state index contributed by atoms with van der Waals surface area (Å²) in [6, 6.07) is 18.2. The molecule has 0 radical (unpaired) electrons. The van der Waals surface area contributed by atoms with Crippen LogP contribution in [0.1, 0.15) is 36.8 Å². The SMILES string of the molecule is CC(C)c1ccc(-c2noc(CSc3n[nH]c(=O)n3CCc3ccccc3)n2)cc1. The summed E-state index contributed by atoms with van der Waals surface area (Å²) in [6.45, 7) is 4.87. The number of hydrogen-bond acceptors (Lipinski definition) is 6. The van der Waals surface area contributed by atoms with Gasteiger partial charge in [-0.05, 0) is 23.5 Å². The van der Waals surface area contributed by atoms with Crippen LogP contribution in [0.5, 0.6) is 0 Å². The van der Waals surface area contributed by atoms with Gasteiger partial charge in [-0.2, -0.15) is 4.98 Å². The standard InChI is InChI=1S/C22H23N5O2S/c1-15(2)17-8-10-18(11-9-17)20-23-19(29-26-20)14-30-22-25-24-21(28)27(22)13-12-16-6-4-3-5-7-16/h3-11,15H,12-14H2,1-2H3,(H,24,28). The third-order valence-corrected chi connectivity index (χ3v) is 5.78. The highest BCUT2D eigenvalue weighted by molar-refractivity contribution is 7.98. The first-order valence-electron chi connectivity index (χ1n) is 9.85. The average Bonchev–Trinajstić information content (AvgIpc) is 3.38. The van der Waals surface area contributed by atoms with Gasteiger partial charge in [0.15, 0.2) is 5.16 Å². The highest BCUT2D eigenvalue weighted by atomic mass is 32.2. The molecular weight excluding hydrogens is 398 g/mol. The molecule has 7 nitrogen and oxygen atoms in total. The van der Waals surface area contributed by atoms with E-state index in [0.717, 1.165) is 12.0 Å². The van der Waals surface area contributed by atoms with E-state index in [1.54, 1.807) is 4.57 Å². The van der Waals surface area contributed by atoms with Gasteiger partial charge in [0.1, 0.15) is 0 Å². The number of aromatic amines is 1. The number of aryl methyl sites for hydroxylation is 1. The molecule has 0 aliphatic heterocycles. The van der Waals surface area contributed by atoms with E-state index in [1.165, 1.54) is 22.9 Å². The molecule has 0 saturated carbocycles. The van der Waals surface area contributed by atoms with Gasteiger partial charge in [-0.1, -0.05) is 85.4 Å². The summed E-state index contributed by atoms with van der Waals surface area (Å²) in [5.74, 6) is 1.97. The van der Waals surface area contributed by atoms with E-state index >= 15 is 0 Å². The molecule has 8 heteroatoms. The molecule has 0 fully saturated rings. The van der Waals surface area contributed by atoms with Crippen LogP contribution in [0.25, 0.3) is 11.4 Å². The van der Waals surface area contributed by atoms with Crippen molar-refractivity contribution in [2.24, 2.45) is 0 Å². The van der Waals surface area contributed by atoms with Crippen molar-refractivity contribution >= 4 is 11.8 Å². The van der Waals surface area contributed by atoms with Gasteiger partial charge in [-0.25, -0.2) is 9.89 Å². The van der Waals surface area contributed by atoms with Crippen molar-refractivity contribution in [1.29, 1.82) is 0 Å². The summed E-state index contributed by atoms with van der Waals surface area (Å²) in [6.07, 6.45) is 0.755. The van der Waals surface area contributed by atoms with Crippen LogP contribution in [-0.2, 0) is 18.7 Å². The molecule has 0 aliphatic carbocycles. The number of aromatic nitrogens is 5. The van der Waals surface area contributed by atoms with Crippen LogP contribution >= 0.6 is 11.8 Å². The fraction of sp³-hybridized carbons (Fsp3) is 0.273. The quantitative estimate of drug-likeness (QED) is 0.427. The second-order valence-electron chi connectivity index (χ2n) is 7.28. The minimum atomic E-state index is -0.218. The first-order valence-corrected chi connectivity index (χ1v) is 10.8. The Morgan fingerprint density at radius 1 is 1.10 bits per heavy atom. The van der Waals surface area contributed by atoms with Crippen LogP contribution in [-0.4, -0.2) is 24.9 Å². The van der Waals surface area contributed by atoms with Gasteiger partial charge in [0.25, 0.3) is 0 Å². The van der Waals surface area contributed by atoms with Crippen molar-refractivity contribution in [3.63, 3.8) is 0 Å². The molecule has 0 saturated heterocycles. The lowest BCUT2D eigenvalue weighted by atomic mass is 10.0. The van der Waals surface area contributed by atoms with Gasteiger partial charge in [0.2, 0.25) is 11.7 Å². The van der Waals surface area contributed by atoms with Crippen molar-refractivity contribution in [2.45, 2.75) is 43.6 Å². The third-order valence-electron chi connectivity index (χ3n) is 4.82. The second kappa shape index (κ2) is 9.13. The molecule has 0 amide bonds. The molecule has 2 aromatic heterocycles. The molecule has 4 rings (SSSR count). The van der Waals surface area contributed by atoms with Crippen LogP contribution in [0.4, 0.5) is 0 Å². The fourth-order valence-corrected chi connectivity index (χ4v) is 3.88. The summed E-state index contributed by atoms with van der Waals surface area (Å²) >= 11 is 1.40. The maximum atomic E-state index is 12.1. The van der Waals surface area contributed by atoms with Gasteiger partial charge >= 0.3 is 5.69 Å². The lowest BCUT2D eigenvalue weighted by Crippen LogP contribution is -2.18. The monoisotopic (exact) mass is 421 g/mol. The predicted molar refractivity (Wildman–Crippen MR) is 116 cm³/mol. The first kappa shape index (κ1) is 20.2. The maximum absolute atomic E-state index is 12.1. The Balaban J connectivity index is 1.40. The summed E-state index contributed by atoms with van der Waals surface area (Å²) in [5, 5.41) is 11.3. The molecule has 2 aromatic carbocycles. The zero-order valence-corrected chi connectivity index (χ0v) is 17.7. The van der Waals surface area contributed by atoms with E-state index in [1.807, 2.05) is 42.5 Å². The lowest BCUT2D eigenvalue weighted by Gasteiger charge is -2.05. The first-order chi connectivity index (χ1) is 14.6. The van der Waals surface area contributed by atoms with E-state index in [4.69, 9.17) is 4.52 Å². The van der Waals surface area contributed by atoms with E-state index in [9.17, 15) is 4.79 Å². The zero-order chi connectivity index (χ0) is 20.9. The summed E-state index contributed by atoms with van der Waals surface area (Å²) in [7, 11) is 0. The lowest BCUT2D eigenvalue weighted by molar-refractivity contribution is 0.391. The van der Waals surface area contributed by atoms with Crippen molar-refractivity contribution in [1.82, 2.24) is 24.9 Å². The summed E-state index contributed by atoms with van der Waals surface area (Å²) in [5.41, 5.74) is 3.14. The minimum absolute atomic E-state index is 0.218. The summed E-state index contributed by atoms with van der Waals surface area (Å²) < 4.78 is 7.03. The normalized spacial score (nSPS) is 11.3. The number of benzene rings is 2. The largest absolute Gasteiger partial charge is 0.343 e. The van der Waals surface area contributed by atoms with E-state index in [2.05, 4.69) is 46.3 Å². The topological polar surface area (TPSA) is 89.6 Å². The Morgan fingerprint density at radius 2 is 1.87 bits per heavy atom. The van der Waals surface area contributed by atoms with Crippen LogP contribution in [0, 0.1) is 0 Å². The van der Waals surface area contributed by atoms with E-state index in [0.29, 0.717) is 35.1 Å². The van der Waals surface area contributed by atoms with E-state index in [-0.39, 0.29) is 5.69 Å². The highest BCUT2D eigenvalue weighted by Gasteiger charge is 2.13. The second-order valence-corrected chi connectivity index (χ2v) is 8.22. The predicted octanol–water partition coefficient (Wildman–Crippen LogP) is 4.28. The van der Waals surface area contributed by atoms with Crippen molar-refractivity contribution in [2.75, 3.05) is 0 Å². The average molecular weight is 422 g/mol. The Labute approximate surface area is 178 Å². The molecular formula is C22H23N5O2S. The highest BCUT2D eigenvalue weighted by Crippen LogP contribution is 2.23. The molecule has 1 N–H and O–H groups in total. The smallest absolute Gasteiger partial charge is 0.338 e. The molecule has 30 heavy (non-hydrogen) atoms. The van der Waals surface area contributed by atoms with Crippen LogP contribution in [0.2, 0.25) is 0 Å². The fourth-order valence-electron chi connectivity index (χ4n) is 3.07. The van der Waals surface area contributed by atoms with Crippen molar-refractivity contribution in [3.05, 3.63) is 82.1 Å². The molecule has 0 unspecified atom stereocenters. The Morgan fingerprint density at radius 3 is 2.60 bits per heavy atom. The zero-order valence-electron chi connectivity index (χ0n) is 16.9. The number of nitrogens with zero attached hydrogens (tertiary/aromatic N) is 4. The van der Waals surface area contributed by atoms with Gasteiger partial charge in [0.05, 0.1) is 5.75 Å². The van der Waals surface area contributed by atoms with Gasteiger partial charge in [-0.15, -0.1) is 5.10 Å². The number of hydrogen-bond donors (Lipinski definition) is 1. The molecule has 154 valence electrons. The minimum Gasteiger partial charge on any atom is -0.338 e. The van der Waals surface area contributed by atoms with Crippen molar-refractivity contribution in [3.8, 4) is 11.4 Å². The van der Waals surface area contributed by atoms with Gasteiger partial charge in [-0.3, -0.25) is 4.57 Å². The molecule has 0 bridgehead atoms. The molecule has 2 heterocycles. The number of H-pyrrole nitrogens is 1. The number of nitrogens with one attached hydrogen (secondary N) is 1. The Kier molecular flexibility index (Phi) is 6.13. The maximum Gasteiger partial charge on any atom is 0.343 e. The van der Waals surface area contributed by atoms with Gasteiger partial charge < -0.3 is 4.52 Å². The van der Waals surface area contributed by atoms with E-state index < -0.39 is 0 Å². The molecule has 0 atom stereocenters. The third kappa shape index (κ3) is 4.71. The van der Waals surface area contributed by atoms with Crippen molar-refractivity contribution < 1.29 is 4.52 Å². The Bertz CT molecular complexity index is 1150. The van der Waals surface area contributed by atoms with Crippen LogP contribution < -0.4 is 5.69 Å². The molecule has 0 spiro atoms. The van der Waals surface area contributed by atoms with Crippen LogP contribution in [0.3, 0.4) is 0 Å². The number of thioether (sulfide) groups is 1.